The van der Waals surface area contributed by atoms with Gasteiger partial charge in [0.1, 0.15) is 0 Å². The molecule has 1 N–H and O–H groups in total. The van der Waals surface area contributed by atoms with Crippen LogP contribution < -0.4 is 5.32 Å². The van der Waals surface area contributed by atoms with E-state index in [9.17, 15) is 4.79 Å². The van der Waals surface area contributed by atoms with E-state index in [1.54, 1.807) is 0 Å². The molecule has 0 radical (unpaired) electrons. The fourth-order valence-electron chi connectivity index (χ4n) is 1.25. The summed E-state index contributed by atoms with van der Waals surface area (Å²) < 4.78 is 10.0. The third kappa shape index (κ3) is 8.68. The Morgan fingerprint density at radius 3 is 2.62 bits per heavy atom. The molecule has 0 bridgehead atoms. The Hall–Kier alpha value is -0.610. The Kier molecular flexibility index (Phi) is 10.5. The van der Waals surface area contributed by atoms with Gasteiger partial charge in [0.2, 0.25) is 0 Å². The van der Waals surface area contributed by atoms with Crippen LogP contribution in [0.5, 0.6) is 0 Å². The molecule has 96 valence electrons. The number of carbonyl (C=O) groups is 1. The van der Waals surface area contributed by atoms with Crippen molar-refractivity contribution in [3.05, 3.63) is 0 Å². The van der Waals surface area contributed by atoms with Crippen molar-refractivity contribution in [3.8, 4) is 0 Å². The molecule has 0 fully saturated rings. The number of carbonyl (C=O) groups excluding carboxylic acids is 1. The van der Waals surface area contributed by atoms with Crippen LogP contribution in [-0.2, 0) is 14.3 Å². The van der Waals surface area contributed by atoms with Gasteiger partial charge in [0.05, 0.1) is 13.0 Å². The van der Waals surface area contributed by atoms with Crippen molar-refractivity contribution < 1.29 is 14.3 Å². The number of unbranched alkanes of at least 4 members (excludes halogenated alkanes) is 1. The highest BCUT2D eigenvalue weighted by Crippen LogP contribution is 1.95. The first-order valence-electron chi connectivity index (χ1n) is 6.08. The second-order valence-corrected chi connectivity index (χ2v) is 3.95. The summed E-state index contributed by atoms with van der Waals surface area (Å²) in [7, 11) is 1.42. The second kappa shape index (κ2) is 10.9. The van der Waals surface area contributed by atoms with Gasteiger partial charge in [-0.2, -0.15) is 0 Å². The molecule has 0 rings (SSSR count). The molecule has 0 aliphatic rings. The molecule has 0 saturated carbocycles. The number of nitrogens with one attached hydrogen (secondary N) is 1. The molecule has 0 amide bonds. The third-order valence-corrected chi connectivity index (χ3v) is 2.34. The minimum Gasteiger partial charge on any atom is -0.469 e. The lowest BCUT2D eigenvalue weighted by atomic mass is 10.2. The number of hydrogen-bond donors (Lipinski definition) is 1. The predicted octanol–water partition coefficient (Wildman–Crippen LogP) is 1.59. The largest absolute Gasteiger partial charge is 0.469 e. The summed E-state index contributed by atoms with van der Waals surface area (Å²) in [5, 5.41) is 3.21. The van der Waals surface area contributed by atoms with E-state index in [-0.39, 0.29) is 11.9 Å². The number of hydrogen-bond acceptors (Lipinski definition) is 4. The Morgan fingerprint density at radius 2 is 2.00 bits per heavy atom. The van der Waals surface area contributed by atoms with Crippen LogP contribution in [0.25, 0.3) is 0 Å². The van der Waals surface area contributed by atoms with E-state index in [0.717, 1.165) is 32.6 Å². The van der Waals surface area contributed by atoms with Gasteiger partial charge >= 0.3 is 5.97 Å². The minimum atomic E-state index is -0.160. The van der Waals surface area contributed by atoms with Crippen molar-refractivity contribution in [1.82, 2.24) is 5.32 Å². The van der Waals surface area contributed by atoms with Crippen molar-refractivity contribution in [2.24, 2.45) is 5.92 Å². The van der Waals surface area contributed by atoms with Crippen LogP contribution in [0.15, 0.2) is 0 Å². The summed E-state index contributed by atoms with van der Waals surface area (Å²) in [4.78, 5) is 11.1. The summed E-state index contributed by atoms with van der Waals surface area (Å²) >= 11 is 0. The van der Waals surface area contributed by atoms with E-state index in [4.69, 9.17) is 4.74 Å². The SMILES string of the molecule is CCCCOCCCNC[C@@H](C)C(=O)OC. The molecule has 0 aromatic rings. The maximum atomic E-state index is 11.1. The molecule has 0 aromatic heterocycles. The quantitative estimate of drug-likeness (QED) is 0.458. The molecule has 16 heavy (non-hydrogen) atoms. The highest BCUT2D eigenvalue weighted by atomic mass is 16.5. The Labute approximate surface area is 98.7 Å². The molecule has 0 aromatic carbocycles. The fourth-order valence-corrected chi connectivity index (χ4v) is 1.25. The van der Waals surface area contributed by atoms with Crippen molar-refractivity contribution >= 4 is 5.97 Å². The molecular formula is C12H25NO3. The first kappa shape index (κ1) is 15.4. The standard InChI is InChI=1S/C12H25NO3/c1-4-5-8-16-9-6-7-13-10-11(2)12(14)15-3/h11,13H,4-10H2,1-3H3/t11-/m1/s1. The van der Waals surface area contributed by atoms with Gasteiger partial charge in [-0.1, -0.05) is 20.3 Å². The molecule has 1 atom stereocenters. The van der Waals surface area contributed by atoms with E-state index in [1.165, 1.54) is 13.5 Å². The van der Waals surface area contributed by atoms with Gasteiger partial charge < -0.3 is 14.8 Å². The number of esters is 1. The zero-order valence-electron chi connectivity index (χ0n) is 10.8. The number of ether oxygens (including phenoxy) is 2. The normalized spacial score (nSPS) is 12.4. The zero-order chi connectivity index (χ0) is 12.2. The van der Waals surface area contributed by atoms with E-state index in [0.29, 0.717) is 6.54 Å². The Morgan fingerprint density at radius 1 is 1.31 bits per heavy atom. The molecule has 0 spiro atoms. The predicted molar refractivity (Wildman–Crippen MR) is 64.4 cm³/mol. The number of methoxy groups -OCH3 is 1. The first-order valence-corrected chi connectivity index (χ1v) is 6.08. The van der Waals surface area contributed by atoms with Crippen LogP contribution >= 0.6 is 0 Å². The topological polar surface area (TPSA) is 47.6 Å². The summed E-state index contributed by atoms with van der Waals surface area (Å²) in [5.41, 5.74) is 0. The molecule has 4 heteroatoms. The lowest BCUT2D eigenvalue weighted by molar-refractivity contribution is -0.144. The molecular weight excluding hydrogens is 206 g/mol. The third-order valence-electron chi connectivity index (χ3n) is 2.34. The van der Waals surface area contributed by atoms with Gasteiger partial charge in [-0.3, -0.25) is 4.79 Å². The van der Waals surface area contributed by atoms with Gasteiger partial charge in [-0.15, -0.1) is 0 Å². The van der Waals surface area contributed by atoms with Crippen LogP contribution in [0, 0.1) is 5.92 Å². The van der Waals surface area contributed by atoms with Crippen LogP contribution in [0.4, 0.5) is 0 Å². The Balaban J connectivity index is 3.17. The lowest BCUT2D eigenvalue weighted by Gasteiger charge is -2.10. The van der Waals surface area contributed by atoms with E-state index in [2.05, 4.69) is 17.0 Å². The van der Waals surface area contributed by atoms with Gasteiger partial charge in [0, 0.05) is 19.8 Å². The van der Waals surface area contributed by atoms with E-state index in [1.807, 2.05) is 6.92 Å². The first-order chi connectivity index (χ1) is 7.72. The number of rotatable bonds is 10. The Bertz CT molecular complexity index is 174. The van der Waals surface area contributed by atoms with Gasteiger partial charge in [-0.05, 0) is 19.4 Å². The van der Waals surface area contributed by atoms with Gasteiger partial charge in [-0.25, -0.2) is 0 Å². The molecule has 0 unspecified atom stereocenters. The molecule has 0 aliphatic heterocycles. The van der Waals surface area contributed by atoms with Crippen LogP contribution in [0.3, 0.4) is 0 Å². The maximum absolute atomic E-state index is 11.1. The lowest BCUT2D eigenvalue weighted by Crippen LogP contribution is -2.28. The monoisotopic (exact) mass is 231 g/mol. The average Bonchev–Trinajstić information content (AvgIpc) is 2.31. The average molecular weight is 231 g/mol. The molecule has 0 aliphatic carbocycles. The maximum Gasteiger partial charge on any atom is 0.309 e. The summed E-state index contributed by atoms with van der Waals surface area (Å²) in [6.45, 7) is 7.21. The van der Waals surface area contributed by atoms with Crippen LogP contribution in [0.2, 0.25) is 0 Å². The highest BCUT2D eigenvalue weighted by molar-refractivity contribution is 5.71. The zero-order valence-corrected chi connectivity index (χ0v) is 10.8. The van der Waals surface area contributed by atoms with Crippen LogP contribution in [0.1, 0.15) is 33.1 Å². The van der Waals surface area contributed by atoms with E-state index >= 15 is 0 Å². The van der Waals surface area contributed by atoms with Crippen molar-refractivity contribution in [2.45, 2.75) is 33.1 Å². The summed E-state index contributed by atoms with van der Waals surface area (Å²) in [5.74, 6) is -0.238. The smallest absolute Gasteiger partial charge is 0.309 e. The van der Waals surface area contributed by atoms with Crippen molar-refractivity contribution in [3.63, 3.8) is 0 Å². The molecule has 0 saturated heterocycles. The molecule has 0 heterocycles. The van der Waals surface area contributed by atoms with Crippen molar-refractivity contribution in [1.29, 1.82) is 0 Å². The summed E-state index contributed by atoms with van der Waals surface area (Å²) in [6, 6.07) is 0. The highest BCUT2D eigenvalue weighted by Gasteiger charge is 2.11. The van der Waals surface area contributed by atoms with Crippen molar-refractivity contribution in [2.75, 3.05) is 33.4 Å². The van der Waals surface area contributed by atoms with E-state index < -0.39 is 0 Å². The minimum absolute atomic E-state index is 0.0778. The van der Waals surface area contributed by atoms with Gasteiger partial charge in [0.15, 0.2) is 0 Å². The molecule has 4 nitrogen and oxygen atoms in total. The fraction of sp³-hybridized carbons (Fsp3) is 0.917. The van der Waals surface area contributed by atoms with Gasteiger partial charge in [0.25, 0.3) is 0 Å². The second-order valence-electron chi connectivity index (χ2n) is 3.95. The van der Waals surface area contributed by atoms with Crippen LogP contribution in [-0.4, -0.2) is 39.4 Å². The summed E-state index contributed by atoms with van der Waals surface area (Å²) in [6.07, 6.45) is 3.29.